The van der Waals surface area contributed by atoms with Gasteiger partial charge >= 0.3 is 0 Å². The zero-order chi connectivity index (χ0) is 28.0. The fraction of sp³-hybridized carbons (Fsp3) is 0.357. The quantitative estimate of drug-likeness (QED) is 0.107. The van der Waals surface area contributed by atoms with Crippen LogP contribution in [0.5, 0.6) is 0 Å². The van der Waals surface area contributed by atoms with Crippen LogP contribution in [0.3, 0.4) is 0 Å². The van der Waals surface area contributed by atoms with Crippen molar-refractivity contribution in [3.8, 4) is 11.4 Å². The van der Waals surface area contributed by atoms with Crippen LogP contribution >= 0.6 is 24.4 Å². The summed E-state index contributed by atoms with van der Waals surface area (Å²) in [5.41, 5.74) is 4.40. The number of rotatable bonds is 8. The summed E-state index contributed by atoms with van der Waals surface area (Å²) in [5.74, 6) is 0. The minimum absolute atomic E-state index is 0. The third-order valence-electron chi connectivity index (χ3n) is 6.16. The molecule has 214 valence electrons. The van der Waals surface area contributed by atoms with E-state index in [2.05, 4.69) is 52.0 Å². The molecule has 0 aliphatic rings. The third kappa shape index (κ3) is 7.91. The Hall–Kier alpha value is -1.33. The summed E-state index contributed by atoms with van der Waals surface area (Å²) in [5, 5.41) is 2.63. The summed E-state index contributed by atoms with van der Waals surface area (Å²) in [6, 6.07) is 16.3. The van der Waals surface area contributed by atoms with E-state index >= 15 is 0 Å². The van der Waals surface area contributed by atoms with E-state index in [4.69, 9.17) is 75.0 Å². The number of benzene rings is 2. The number of aromatic nitrogens is 4. The van der Waals surface area contributed by atoms with E-state index in [9.17, 15) is 0 Å². The summed E-state index contributed by atoms with van der Waals surface area (Å²) in [6.07, 6.45) is 4.34. The van der Waals surface area contributed by atoms with E-state index < -0.39 is 0 Å². The maximum absolute atomic E-state index is 5.52. The molecule has 2 aromatic heterocycles. The van der Waals surface area contributed by atoms with E-state index in [-0.39, 0.29) is 16.5 Å². The van der Waals surface area contributed by atoms with Crippen molar-refractivity contribution in [1.29, 1.82) is 0 Å². The first-order valence-corrected chi connectivity index (χ1v) is 15.1. The molecule has 0 amide bonds. The van der Waals surface area contributed by atoms with Gasteiger partial charge in [0.25, 0.3) is 0 Å². The van der Waals surface area contributed by atoms with E-state index in [1.54, 1.807) is 0 Å². The normalized spacial score (nSPS) is 10.6. The third-order valence-corrected chi connectivity index (χ3v) is 8.81. The van der Waals surface area contributed by atoms with Gasteiger partial charge in [-0.05, 0) is 75.4 Å². The van der Waals surface area contributed by atoms with Gasteiger partial charge in [0, 0.05) is 41.0 Å². The zero-order valence-electron chi connectivity index (χ0n) is 22.4. The van der Waals surface area contributed by atoms with Gasteiger partial charge in [0.05, 0.1) is 0 Å². The minimum atomic E-state index is 0. The van der Waals surface area contributed by atoms with Crippen molar-refractivity contribution in [1.82, 2.24) is 18.3 Å². The van der Waals surface area contributed by atoms with Crippen molar-refractivity contribution in [2.24, 2.45) is 0 Å². The molecule has 0 radical (unpaired) electrons. The van der Waals surface area contributed by atoms with Crippen molar-refractivity contribution in [3.63, 3.8) is 0 Å². The number of hydrogen-bond donors (Lipinski definition) is 0. The van der Waals surface area contributed by atoms with E-state index in [1.807, 2.05) is 42.5 Å². The van der Waals surface area contributed by atoms with Crippen LogP contribution in [0, 0.1) is 23.4 Å². The molecule has 39 heavy (non-hydrogen) atoms. The summed E-state index contributed by atoms with van der Waals surface area (Å²) in [4.78, 5) is 0. The van der Waals surface area contributed by atoms with Crippen LogP contribution in [0.1, 0.15) is 50.7 Å². The molecule has 0 aliphatic carbocycles. The maximum Gasteiger partial charge on any atom is 0.181 e. The number of unbranched alkanes of at least 4 members (excludes halogenated alkanes) is 2. The van der Waals surface area contributed by atoms with Gasteiger partial charge in [-0.15, -0.1) is 20.1 Å². The Kier molecular flexibility index (Phi) is 13.6. The largest absolute Gasteiger partial charge is 0.762 e. The van der Waals surface area contributed by atoms with Crippen LogP contribution in [-0.2, 0) is 80.1 Å². The number of aryl methyl sites for hydroxylation is 2. The zero-order valence-corrected chi connectivity index (χ0v) is 28.3. The van der Waals surface area contributed by atoms with Crippen molar-refractivity contribution in [2.75, 3.05) is 0 Å². The fourth-order valence-electron chi connectivity index (χ4n) is 3.88. The summed E-state index contributed by atoms with van der Waals surface area (Å²) < 4.78 is 9.12. The number of hydrogen-bond acceptors (Lipinski definition) is 6. The first-order chi connectivity index (χ1) is 18.1. The standard InChI is InChI=1S/2C14H18N2S3.Ni/c2*1-3-4-9-15-12(17)13(18)16(14(15)19)11-7-5-10(2)6-8-11;/h2*5-8,17-18H,3-4,9H2,1-2H3;/p-4. The first-order valence-electron chi connectivity index (χ1n) is 12.7. The minimum Gasteiger partial charge on any atom is -0.762 e. The van der Waals surface area contributed by atoms with Crippen LogP contribution in [-0.4, -0.2) is 18.3 Å². The molecule has 0 atom stereocenters. The molecular weight excluding hydrogens is 643 g/mol. The molecule has 4 nitrogen and oxygen atoms in total. The molecule has 0 saturated carbocycles. The van der Waals surface area contributed by atoms with Crippen molar-refractivity contribution >= 4 is 75.0 Å². The van der Waals surface area contributed by atoms with Gasteiger partial charge in [0.15, 0.2) is 9.54 Å². The summed E-state index contributed by atoms with van der Waals surface area (Å²) >= 11 is 32.7. The molecule has 4 aromatic rings. The molecule has 0 N–H and O–H groups in total. The van der Waals surface area contributed by atoms with Gasteiger partial charge < -0.3 is 68.8 Å². The van der Waals surface area contributed by atoms with Crippen LogP contribution in [0.2, 0.25) is 0 Å². The molecular formula is C28H32N4NiS6-4. The van der Waals surface area contributed by atoms with Gasteiger partial charge in [-0.3, -0.25) is 0 Å². The van der Waals surface area contributed by atoms with Crippen LogP contribution < -0.4 is 0 Å². The Labute approximate surface area is 274 Å². The van der Waals surface area contributed by atoms with Gasteiger partial charge in [0.1, 0.15) is 0 Å². The van der Waals surface area contributed by atoms with Gasteiger partial charge in [-0.1, -0.05) is 62.1 Å². The average molecular weight is 676 g/mol. The molecule has 0 bridgehead atoms. The second-order valence-corrected chi connectivity index (χ2v) is 11.4. The molecule has 0 unspecified atom stereocenters. The van der Waals surface area contributed by atoms with Gasteiger partial charge in [0.2, 0.25) is 0 Å². The Morgan fingerprint density at radius 1 is 0.564 bits per heavy atom. The Morgan fingerprint density at radius 2 is 0.872 bits per heavy atom. The summed E-state index contributed by atoms with van der Waals surface area (Å²) in [6.45, 7) is 10.1. The van der Waals surface area contributed by atoms with Crippen molar-refractivity contribution in [3.05, 3.63) is 69.2 Å². The van der Waals surface area contributed by atoms with Gasteiger partial charge in [-0.25, -0.2) is 0 Å². The van der Waals surface area contributed by atoms with Crippen molar-refractivity contribution < 1.29 is 16.5 Å². The molecule has 0 aliphatic heterocycles. The second kappa shape index (κ2) is 15.6. The average Bonchev–Trinajstić information content (AvgIpc) is 3.25. The first kappa shape index (κ1) is 33.9. The van der Waals surface area contributed by atoms with E-state index in [0.717, 1.165) is 50.1 Å². The summed E-state index contributed by atoms with van der Waals surface area (Å²) in [7, 11) is 0. The maximum atomic E-state index is 5.52. The van der Waals surface area contributed by atoms with Crippen LogP contribution in [0.25, 0.3) is 11.4 Å². The molecule has 0 spiro atoms. The fourth-order valence-corrected chi connectivity index (χ4v) is 6.01. The topological polar surface area (TPSA) is 19.7 Å². The molecule has 11 heteroatoms. The van der Waals surface area contributed by atoms with E-state index in [0.29, 0.717) is 29.6 Å². The van der Waals surface area contributed by atoms with Crippen LogP contribution in [0.15, 0.2) is 68.6 Å². The monoisotopic (exact) mass is 674 g/mol. The second-order valence-electron chi connectivity index (χ2n) is 9.14. The predicted octanol–water partition coefficient (Wildman–Crippen LogP) is 7.85. The number of nitrogens with zero attached hydrogens (tertiary/aromatic N) is 4. The predicted molar refractivity (Wildman–Crippen MR) is 171 cm³/mol. The Morgan fingerprint density at radius 3 is 1.15 bits per heavy atom. The smallest absolute Gasteiger partial charge is 0.181 e. The molecule has 4 rings (SSSR count). The molecule has 2 heterocycles. The molecule has 0 fully saturated rings. The SMILES string of the molecule is CCCCn1c([S-])c([S-])n(-c2ccc(C)cc2)c1=S.CCCCn1c([S-])c([S-])n(-c2ccc(C)cc2)c1=S.[Ni]. The molecule has 2 aromatic carbocycles. The van der Waals surface area contributed by atoms with Crippen molar-refractivity contribution in [2.45, 2.75) is 86.6 Å². The Bertz CT molecular complexity index is 1370. The van der Waals surface area contributed by atoms with Crippen LogP contribution in [0.4, 0.5) is 0 Å². The Balaban J connectivity index is 0.000000267. The number of imidazole rings is 2. The van der Waals surface area contributed by atoms with Gasteiger partial charge in [-0.2, -0.15) is 0 Å². The molecule has 0 saturated heterocycles. The van der Waals surface area contributed by atoms with E-state index in [1.165, 1.54) is 11.1 Å².